The number of hydrogen-bond acceptors (Lipinski definition) is 2. The third-order valence-corrected chi connectivity index (χ3v) is 1.54. The number of benzene rings is 1. The molecule has 0 saturated heterocycles. The number of hydroxylamine groups is 1. The van der Waals surface area contributed by atoms with Crippen LogP contribution in [-0.2, 0) is 6.54 Å². The van der Waals surface area contributed by atoms with Crippen LogP contribution < -0.4 is 5.48 Å². The first-order chi connectivity index (χ1) is 5.38. The van der Waals surface area contributed by atoms with Gasteiger partial charge in [-0.15, -0.1) is 0 Å². The SMILES string of the molecule is C=Cc1ccccc1CNO. The van der Waals surface area contributed by atoms with Gasteiger partial charge in [0.15, 0.2) is 0 Å². The second-order valence-corrected chi connectivity index (χ2v) is 2.24. The van der Waals surface area contributed by atoms with E-state index in [2.05, 4.69) is 12.1 Å². The molecule has 0 bridgehead atoms. The summed E-state index contributed by atoms with van der Waals surface area (Å²) < 4.78 is 0. The van der Waals surface area contributed by atoms with Crippen molar-refractivity contribution in [3.63, 3.8) is 0 Å². The molecule has 0 aliphatic rings. The third kappa shape index (κ3) is 1.90. The van der Waals surface area contributed by atoms with Crippen molar-refractivity contribution < 1.29 is 5.21 Å². The first kappa shape index (κ1) is 7.98. The maximum Gasteiger partial charge on any atom is 0.0464 e. The van der Waals surface area contributed by atoms with Crippen molar-refractivity contribution >= 4 is 6.08 Å². The molecule has 0 radical (unpaired) electrons. The number of hydrogen-bond donors (Lipinski definition) is 2. The molecule has 1 aromatic carbocycles. The van der Waals surface area contributed by atoms with E-state index in [1.54, 1.807) is 6.08 Å². The van der Waals surface area contributed by atoms with Crippen LogP contribution in [0.15, 0.2) is 30.8 Å². The molecule has 0 amide bonds. The van der Waals surface area contributed by atoms with Crippen molar-refractivity contribution in [2.45, 2.75) is 6.54 Å². The van der Waals surface area contributed by atoms with Crippen LogP contribution in [0.2, 0.25) is 0 Å². The summed E-state index contributed by atoms with van der Waals surface area (Å²) >= 11 is 0. The molecular weight excluding hydrogens is 138 g/mol. The summed E-state index contributed by atoms with van der Waals surface area (Å²) in [5, 5.41) is 8.46. The molecule has 2 N–H and O–H groups in total. The van der Waals surface area contributed by atoms with Crippen LogP contribution in [-0.4, -0.2) is 5.21 Å². The molecule has 0 heterocycles. The fraction of sp³-hybridized carbons (Fsp3) is 0.111. The summed E-state index contributed by atoms with van der Waals surface area (Å²) in [5.74, 6) is 0. The lowest BCUT2D eigenvalue weighted by Gasteiger charge is -2.02. The molecule has 0 fully saturated rings. The summed E-state index contributed by atoms with van der Waals surface area (Å²) in [6.45, 7) is 4.12. The van der Waals surface area contributed by atoms with Crippen molar-refractivity contribution in [1.82, 2.24) is 5.48 Å². The standard InChI is InChI=1S/C9H11NO/c1-2-8-5-3-4-6-9(8)7-10-11/h2-6,10-11H,1,7H2. The fourth-order valence-corrected chi connectivity index (χ4v) is 0.979. The molecule has 58 valence electrons. The molecule has 0 saturated carbocycles. The van der Waals surface area contributed by atoms with Gasteiger partial charge in [0, 0.05) is 6.54 Å². The molecule has 0 spiro atoms. The van der Waals surface area contributed by atoms with E-state index in [9.17, 15) is 0 Å². The Hall–Kier alpha value is -1.12. The molecule has 1 aromatic rings. The van der Waals surface area contributed by atoms with Crippen molar-refractivity contribution in [3.8, 4) is 0 Å². The van der Waals surface area contributed by atoms with Gasteiger partial charge in [-0.1, -0.05) is 36.9 Å². The maximum atomic E-state index is 8.46. The summed E-state index contributed by atoms with van der Waals surface area (Å²) in [4.78, 5) is 0. The van der Waals surface area contributed by atoms with Gasteiger partial charge in [0.05, 0.1) is 0 Å². The van der Waals surface area contributed by atoms with Crippen LogP contribution in [0.4, 0.5) is 0 Å². The van der Waals surface area contributed by atoms with Gasteiger partial charge in [0.2, 0.25) is 0 Å². The van der Waals surface area contributed by atoms with Crippen LogP contribution in [0.5, 0.6) is 0 Å². The number of nitrogens with one attached hydrogen (secondary N) is 1. The van der Waals surface area contributed by atoms with Gasteiger partial charge in [-0.2, -0.15) is 0 Å². The van der Waals surface area contributed by atoms with Crippen molar-refractivity contribution in [2.24, 2.45) is 0 Å². The predicted octanol–water partition coefficient (Wildman–Crippen LogP) is 1.81. The van der Waals surface area contributed by atoms with E-state index in [0.717, 1.165) is 11.1 Å². The minimum atomic E-state index is 0.461. The summed E-state index contributed by atoms with van der Waals surface area (Å²) in [5.41, 5.74) is 4.21. The van der Waals surface area contributed by atoms with E-state index in [1.807, 2.05) is 24.3 Å². The van der Waals surface area contributed by atoms with E-state index in [1.165, 1.54) is 0 Å². The van der Waals surface area contributed by atoms with Crippen LogP contribution in [0.25, 0.3) is 6.08 Å². The smallest absolute Gasteiger partial charge is 0.0464 e. The molecule has 1 rings (SSSR count). The second-order valence-electron chi connectivity index (χ2n) is 2.24. The lowest BCUT2D eigenvalue weighted by molar-refractivity contribution is 0.161. The highest BCUT2D eigenvalue weighted by molar-refractivity contribution is 5.51. The Bertz CT molecular complexity index is 245. The van der Waals surface area contributed by atoms with E-state index < -0.39 is 0 Å². The summed E-state index contributed by atoms with van der Waals surface area (Å²) in [7, 11) is 0. The lowest BCUT2D eigenvalue weighted by Crippen LogP contribution is -2.06. The average molecular weight is 149 g/mol. The monoisotopic (exact) mass is 149 g/mol. The van der Waals surface area contributed by atoms with Crippen molar-refractivity contribution in [2.75, 3.05) is 0 Å². The Balaban J connectivity index is 2.92. The van der Waals surface area contributed by atoms with Gasteiger partial charge in [-0.3, -0.25) is 0 Å². The van der Waals surface area contributed by atoms with E-state index in [-0.39, 0.29) is 0 Å². The molecular formula is C9H11NO. The van der Waals surface area contributed by atoms with Gasteiger partial charge >= 0.3 is 0 Å². The highest BCUT2D eigenvalue weighted by Crippen LogP contribution is 2.08. The normalized spacial score (nSPS) is 9.55. The van der Waals surface area contributed by atoms with E-state index in [4.69, 9.17) is 5.21 Å². The first-order valence-electron chi connectivity index (χ1n) is 3.45. The Morgan fingerprint density at radius 3 is 2.82 bits per heavy atom. The topological polar surface area (TPSA) is 32.3 Å². The molecule has 0 unspecified atom stereocenters. The zero-order chi connectivity index (χ0) is 8.10. The van der Waals surface area contributed by atoms with Crippen LogP contribution >= 0.6 is 0 Å². The molecule has 0 aliphatic carbocycles. The summed E-state index contributed by atoms with van der Waals surface area (Å²) in [6, 6.07) is 7.78. The van der Waals surface area contributed by atoms with Gasteiger partial charge < -0.3 is 5.21 Å². The molecule has 2 nitrogen and oxygen atoms in total. The largest absolute Gasteiger partial charge is 0.316 e. The van der Waals surface area contributed by atoms with Crippen LogP contribution in [0.1, 0.15) is 11.1 Å². The highest BCUT2D eigenvalue weighted by Gasteiger charge is 1.94. The fourth-order valence-electron chi connectivity index (χ4n) is 0.979. The molecule has 0 atom stereocenters. The highest BCUT2D eigenvalue weighted by atomic mass is 16.5. The van der Waals surface area contributed by atoms with Crippen molar-refractivity contribution in [1.29, 1.82) is 0 Å². The average Bonchev–Trinajstić information content (AvgIpc) is 2.06. The Morgan fingerprint density at radius 1 is 1.45 bits per heavy atom. The zero-order valence-corrected chi connectivity index (χ0v) is 6.25. The van der Waals surface area contributed by atoms with Gasteiger partial charge in [0.1, 0.15) is 0 Å². The van der Waals surface area contributed by atoms with E-state index >= 15 is 0 Å². The van der Waals surface area contributed by atoms with Gasteiger partial charge in [-0.25, -0.2) is 5.48 Å². The van der Waals surface area contributed by atoms with Crippen LogP contribution in [0.3, 0.4) is 0 Å². The maximum absolute atomic E-state index is 8.46. The first-order valence-corrected chi connectivity index (χ1v) is 3.45. The Morgan fingerprint density at radius 2 is 2.18 bits per heavy atom. The minimum Gasteiger partial charge on any atom is -0.316 e. The van der Waals surface area contributed by atoms with E-state index in [0.29, 0.717) is 6.54 Å². The minimum absolute atomic E-state index is 0.461. The second kappa shape index (κ2) is 3.91. The summed E-state index contributed by atoms with van der Waals surface area (Å²) in [6.07, 6.45) is 1.77. The van der Waals surface area contributed by atoms with Gasteiger partial charge in [-0.05, 0) is 11.1 Å². The zero-order valence-electron chi connectivity index (χ0n) is 6.25. The molecule has 0 aliphatic heterocycles. The lowest BCUT2D eigenvalue weighted by atomic mass is 10.1. The Kier molecular flexibility index (Phi) is 2.83. The van der Waals surface area contributed by atoms with Gasteiger partial charge in [0.25, 0.3) is 0 Å². The molecule has 2 heteroatoms. The Labute approximate surface area is 66.1 Å². The quantitative estimate of drug-likeness (QED) is 0.642. The molecule has 0 aromatic heterocycles. The molecule has 11 heavy (non-hydrogen) atoms. The third-order valence-electron chi connectivity index (χ3n) is 1.54. The predicted molar refractivity (Wildman–Crippen MR) is 45.2 cm³/mol. The van der Waals surface area contributed by atoms with Crippen molar-refractivity contribution in [3.05, 3.63) is 42.0 Å². The number of rotatable bonds is 3. The van der Waals surface area contributed by atoms with Crippen LogP contribution in [0, 0.1) is 0 Å².